The first kappa shape index (κ1) is 20.6. The minimum atomic E-state index is -0.326. The molecule has 5 nitrogen and oxygen atoms in total. The second kappa shape index (κ2) is 9.02. The summed E-state index contributed by atoms with van der Waals surface area (Å²) in [7, 11) is 1.42. The molecule has 0 aliphatic carbocycles. The molecule has 152 valence electrons. The molecule has 0 amide bonds. The van der Waals surface area contributed by atoms with E-state index in [-0.39, 0.29) is 11.2 Å². The summed E-state index contributed by atoms with van der Waals surface area (Å²) in [6.45, 7) is 1.97. The predicted molar refractivity (Wildman–Crippen MR) is 124 cm³/mol. The molecule has 2 heterocycles. The zero-order chi connectivity index (χ0) is 21.1. The molecular formula is C23H20BrN3O2S. The van der Waals surface area contributed by atoms with Crippen molar-refractivity contribution in [2.24, 2.45) is 0 Å². The quantitative estimate of drug-likeness (QED) is 0.195. The molecule has 0 fully saturated rings. The summed E-state index contributed by atoms with van der Waals surface area (Å²) < 4.78 is 8.05. The number of halogens is 1. The number of carbonyl (C=O) groups is 1. The zero-order valence-electron chi connectivity index (χ0n) is 16.6. The van der Waals surface area contributed by atoms with Gasteiger partial charge in [-0.25, -0.2) is 9.97 Å². The van der Waals surface area contributed by atoms with E-state index in [0.717, 1.165) is 37.3 Å². The summed E-state index contributed by atoms with van der Waals surface area (Å²) >= 11 is 4.92. The molecule has 0 spiro atoms. The Morgan fingerprint density at radius 2 is 1.87 bits per heavy atom. The lowest BCUT2D eigenvalue weighted by Crippen LogP contribution is -2.17. The lowest BCUT2D eigenvalue weighted by molar-refractivity contribution is -0.140. The van der Waals surface area contributed by atoms with Gasteiger partial charge in [-0.2, -0.15) is 0 Å². The van der Waals surface area contributed by atoms with Crippen molar-refractivity contribution >= 4 is 44.7 Å². The van der Waals surface area contributed by atoms with Crippen molar-refractivity contribution in [3.05, 3.63) is 71.6 Å². The summed E-state index contributed by atoms with van der Waals surface area (Å²) in [6, 6.07) is 18.2. The Hall–Kier alpha value is -2.64. The first-order valence-corrected chi connectivity index (χ1v) is 11.2. The van der Waals surface area contributed by atoms with Gasteiger partial charge in [0.2, 0.25) is 0 Å². The van der Waals surface area contributed by atoms with Crippen LogP contribution in [-0.4, -0.2) is 32.9 Å². The van der Waals surface area contributed by atoms with Gasteiger partial charge >= 0.3 is 5.97 Å². The van der Waals surface area contributed by atoms with Crippen molar-refractivity contribution in [1.82, 2.24) is 14.5 Å². The van der Waals surface area contributed by atoms with Crippen LogP contribution < -0.4 is 0 Å². The molecule has 0 bridgehead atoms. The summed E-state index contributed by atoms with van der Waals surface area (Å²) in [6.07, 6.45) is 4.29. The van der Waals surface area contributed by atoms with E-state index in [4.69, 9.17) is 4.74 Å². The molecule has 2 aromatic carbocycles. The highest BCUT2D eigenvalue weighted by Crippen LogP contribution is 2.38. The normalized spacial score (nSPS) is 12.1. The highest BCUT2D eigenvalue weighted by atomic mass is 79.9. The Morgan fingerprint density at radius 1 is 1.13 bits per heavy atom. The number of hydrogen-bond donors (Lipinski definition) is 0. The number of ether oxygens (including phenoxy) is 1. The van der Waals surface area contributed by atoms with Crippen LogP contribution in [-0.2, 0) is 9.53 Å². The standard InChI is InChI=1S/C23H20BrN3O2S/c1-3-19(23(28)29-2)30-22-20-18(15-7-5-4-6-8-15)13-27(21(20)25-14-26-22)17-11-9-16(24)10-12-17/h4-14,19H,3H2,1-2H3/t19-/m0/s1. The fraction of sp³-hybridized carbons (Fsp3) is 0.174. The van der Waals surface area contributed by atoms with Crippen LogP contribution in [0.2, 0.25) is 0 Å². The maximum atomic E-state index is 12.2. The van der Waals surface area contributed by atoms with E-state index in [9.17, 15) is 4.79 Å². The van der Waals surface area contributed by atoms with Gasteiger partial charge in [0.05, 0.1) is 12.5 Å². The molecule has 4 rings (SSSR count). The molecule has 30 heavy (non-hydrogen) atoms. The summed E-state index contributed by atoms with van der Waals surface area (Å²) in [5, 5.41) is 1.37. The number of methoxy groups -OCH3 is 1. The van der Waals surface area contributed by atoms with E-state index < -0.39 is 0 Å². The van der Waals surface area contributed by atoms with Gasteiger partial charge in [0, 0.05) is 21.9 Å². The Bertz CT molecular complexity index is 1180. The third-order valence-corrected chi connectivity index (χ3v) is 6.70. The molecule has 4 aromatic rings. The van der Waals surface area contributed by atoms with E-state index in [1.54, 1.807) is 6.33 Å². The van der Waals surface area contributed by atoms with Gasteiger partial charge in [0.15, 0.2) is 0 Å². The molecule has 0 unspecified atom stereocenters. The molecule has 0 radical (unpaired) electrons. The Balaban J connectivity index is 1.93. The monoisotopic (exact) mass is 481 g/mol. The van der Waals surface area contributed by atoms with Crippen LogP contribution in [0.5, 0.6) is 0 Å². The zero-order valence-corrected chi connectivity index (χ0v) is 19.0. The van der Waals surface area contributed by atoms with Gasteiger partial charge in [-0.15, -0.1) is 0 Å². The third-order valence-electron chi connectivity index (χ3n) is 4.83. The van der Waals surface area contributed by atoms with Crippen LogP contribution in [0, 0.1) is 0 Å². The van der Waals surface area contributed by atoms with E-state index in [2.05, 4.69) is 48.8 Å². The van der Waals surface area contributed by atoms with E-state index in [1.807, 2.05) is 49.4 Å². The number of hydrogen-bond acceptors (Lipinski definition) is 5. The molecule has 0 aliphatic rings. The van der Waals surface area contributed by atoms with Crippen LogP contribution in [0.15, 0.2) is 76.6 Å². The molecule has 0 saturated carbocycles. The number of benzene rings is 2. The molecule has 1 atom stereocenters. The molecule has 0 N–H and O–H groups in total. The molecule has 0 aliphatic heterocycles. The van der Waals surface area contributed by atoms with Crippen LogP contribution in [0.4, 0.5) is 0 Å². The number of rotatable bonds is 6. The number of esters is 1. The molecule has 0 saturated heterocycles. The van der Waals surface area contributed by atoms with Gasteiger partial charge in [0.25, 0.3) is 0 Å². The molecular weight excluding hydrogens is 462 g/mol. The molecule has 7 heteroatoms. The van der Waals surface area contributed by atoms with Gasteiger partial charge in [-0.05, 0) is 36.2 Å². The Labute approximate surface area is 187 Å². The summed E-state index contributed by atoms with van der Waals surface area (Å²) in [5.74, 6) is -0.247. The minimum Gasteiger partial charge on any atom is -0.468 e. The number of aromatic nitrogens is 3. The summed E-state index contributed by atoms with van der Waals surface area (Å²) in [5.41, 5.74) is 3.89. The lowest BCUT2D eigenvalue weighted by atomic mass is 10.1. The van der Waals surface area contributed by atoms with Gasteiger partial charge in [-0.3, -0.25) is 4.79 Å². The highest BCUT2D eigenvalue weighted by Gasteiger charge is 2.23. The van der Waals surface area contributed by atoms with E-state index in [1.165, 1.54) is 18.9 Å². The van der Waals surface area contributed by atoms with Crippen LogP contribution >= 0.6 is 27.7 Å². The minimum absolute atomic E-state index is 0.247. The molecule has 2 aromatic heterocycles. The van der Waals surface area contributed by atoms with Gasteiger partial charge in [0.1, 0.15) is 22.3 Å². The fourth-order valence-corrected chi connectivity index (χ4v) is 4.64. The highest BCUT2D eigenvalue weighted by molar-refractivity contribution is 9.10. The Morgan fingerprint density at radius 3 is 2.53 bits per heavy atom. The van der Waals surface area contributed by atoms with Crippen LogP contribution in [0.1, 0.15) is 13.3 Å². The van der Waals surface area contributed by atoms with Crippen molar-refractivity contribution < 1.29 is 9.53 Å². The largest absolute Gasteiger partial charge is 0.468 e. The number of nitrogens with zero attached hydrogens (tertiary/aromatic N) is 3. The second-order valence-electron chi connectivity index (χ2n) is 6.67. The lowest BCUT2D eigenvalue weighted by Gasteiger charge is -2.12. The Kier molecular flexibility index (Phi) is 6.20. The first-order chi connectivity index (χ1) is 14.6. The van der Waals surface area contributed by atoms with Crippen molar-refractivity contribution in [2.75, 3.05) is 7.11 Å². The maximum Gasteiger partial charge on any atom is 0.319 e. The smallest absolute Gasteiger partial charge is 0.319 e. The van der Waals surface area contributed by atoms with Crippen molar-refractivity contribution in [1.29, 1.82) is 0 Å². The predicted octanol–water partition coefficient (Wildman–Crippen LogP) is 5.89. The SMILES string of the molecule is CC[C@H](Sc1ncnc2c1c(-c1ccccc1)cn2-c1ccc(Br)cc1)C(=O)OC. The van der Waals surface area contributed by atoms with Gasteiger partial charge in [-0.1, -0.05) is 64.9 Å². The maximum absolute atomic E-state index is 12.2. The third kappa shape index (κ3) is 4.00. The number of fused-ring (bicyclic) bond motifs is 1. The van der Waals surface area contributed by atoms with Crippen molar-refractivity contribution in [3.8, 4) is 16.8 Å². The van der Waals surface area contributed by atoms with Crippen molar-refractivity contribution in [3.63, 3.8) is 0 Å². The second-order valence-corrected chi connectivity index (χ2v) is 8.78. The van der Waals surface area contributed by atoms with Crippen LogP contribution in [0.25, 0.3) is 27.8 Å². The van der Waals surface area contributed by atoms with Crippen molar-refractivity contribution in [2.45, 2.75) is 23.6 Å². The average Bonchev–Trinajstić information content (AvgIpc) is 3.18. The summed E-state index contributed by atoms with van der Waals surface area (Å²) in [4.78, 5) is 21.3. The average molecular weight is 482 g/mol. The fourth-order valence-electron chi connectivity index (χ4n) is 3.32. The van der Waals surface area contributed by atoms with E-state index in [0.29, 0.717) is 6.42 Å². The first-order valence-electron chi connectivity index (χ1n) is 9.54. The number of thioether (sulfide) groups is 1. The van der Waals surface area contributed by atoms with E-state index >= 15 is 0 Å². The number of carbonyl (C=O) groups excluding carboxylic acids is 1. The topological polar surface area (TPSA) is 57.0 Å². The van der Waals surface area contributed by atoms with Crippen LogP contribution in [0.3, 0.4) is 0 Å². The van der Waals surface area contributed by atoms with Gasteiger partial charge < -0.3 is 9.30 Å².